The summed E-state index contributed by atoms with van der Waals surface area (Å²) in [6.45, 7) is 5.17. The van der Waals surface area contributed by atoms with Gasteiger partial charge in [0, 0.05) is 11.1 Å². The number of carbonyl (C=O) groups excluding carboxylic acids is 2. The van der Waals surface area contributed by atoms with Gasteiger partial charge in [-0.2, -0.15) is 0 Å². The van der Waals surface area contributed by atoms with Crippen LogP contribution in [0.3, 0.4) is 0 Å². The highest BCUT2D eigenvalue weighted by Crippen LogP contribution is 2.52. The third kappa shape index (κ3) is 3.84. The zero-order chi connectivity index (χ0) is 18.1. The number of benzene rings is 1. The van der Waals surface area contributed by atoms with Crippen molar-refractivity contribution in [1.82, 2.24) is 0 Å². The van der Waals surface area contributed by atoms with Crippen LogP contribution >= 0.6 is 0 Å². The number of hydrogen-bond donors (Lipinski definition) is 2. The largest absolute Gasteiger partial charge is 0.467 e. The van der Waals surface area contributed by atoms with Gasteiger partial charge in [-0.3, -0.25) is 5.32 Å². The lowest BCUT2D eigenvalue weighted by Crippen LogP contribution is -2.35. The van der Waals surface area contributed by atoms with E-state index in [9.17, 15) is 19.1 Å². The molecule has 0 aromatic heterocycles. The van der Waals surface area contributed by atoms with E-state index in [1.165, 1.54) is 19.2 Å². The van der Waals surface area contributed by atoms with Crippen LogP contribution in [-0.4, -0.2) is 36.0 Å². The van der Waals surface area contributed by atoms with Gasteiger partial charge in [-0.15, -0.1) is 0 Å². The summed E-state index contributed by atoms with van der Waals surface area (Å²) in [4.78, 5) is 23.3. The molecule has 24 heavy (non-hydrogen) atoms. The lowest BCUT2D eigenvalue weighted by Gasteiger charge is -2.22. The van der Waals surface area contributed by atoms with E-state index < -0.39 is 35.0 Å². The molecule has 1 aromatic rings. The molecule has 1 fully saturated rings. The number of halogens is 1. The molecule has 1 atom stereocenters. The smallest absolute Gasteiger partial charge is 0.412 e. The van der Waals surface area contributed by atoms with Crippen LogP contribution in [0.2, 0.25) is 0 Å². The predicted molar refractivity (Wildman–Crippen MR) is 85.2 cm³/mol. The monoisotopic (exact) mass is 339 g/mol. The van der Waals surface area contributed by atoms with Gasteiger partial charge in [-0.05, 0) is 51.3 Å². The van der Waals surface area contributed by atoms with Crippen molar-refractivity contribution in [2.45, 2.75) is 50.7 Å². The van der Waals surface area contributed by atoms with Gasteiger partial charge < -0.3 is 14.6 Å². The van der Waals surface area contributed by atoms with Crippen molar-refractivity contribution in [1.29, 1.82) is 0 Å². The molecule has 6 nitrogen and oxygen atoms in total. The van der Waals surface area contributed by atoms with Gasteiger partial charge in [0.05, 0.1) is 7.11 Å². The first-order valence-corrected chi connectivity index (χ1v) is 7.65. The van der Waals surface area contributed by atoms with Crippen molar-refractivity contribution >= 4 is 17.7 Å². The number of esters is 1. The number of hydrogen-bond acceptors (Lipinski definition) is 5. The fourth-order valence-electron chi connectivity index (χ4n) is 2.58. The number of nitrogens with one attached hydrogen (secondary N) is 1. The highest BCUT2D eigenvalue weighted by Gasteiger charge is 2.55. The maximum Gasteiger partial charge on any atom is 0.412 e. The van der Waals surface area contributed by atoms with Crippen molar-refractivity contribution in [2.24, 2.45) is 0 Å². The van der Waals surface area contributed by atoms with E-state index in [0.717, 1.165) is 6.07 Å². The maximum atomic E-state index is 14.4. The first kappa shape index (κ1) is 18.2. The molecule has 0 spiro atoms. The second-order valence-electron chi connectivity index (χ2n) is 6.90. The third-order valence-electron chi connectivity index (χ3n) is 3.89. The van der Waals surface area contributed by atoms with Gasteiger partial charge in [0.15, 0.2) is 6.10 Å². The second-order valence-corrected chi connectivity index (χ2v) is 6.90. The van der Waals surface area contributed by atoms with Crippen LogP contribution < -0.4 is 5.32 Å². The van der Waals surface area contributed by atoms with Crippen LogP contribution in [0, 0.1) is 5.82 Å². The highest BCUT2D eigenvalue weighted by molar-refractivity contribution is 5.85. The third-order valence-corrected chi connectivity index (χ3v) is 3.89. The Hall–Kier alpha value is -2.15. The van der Waals surface area contributed by atoms with Crippen molar-refractivity contribution in [3.8, 4) is 0 Å². The number of rotatable bonds is 4. The molecule has 1 aromatic carbocycles. The number of anilines is 1. The van der Waals surface area contributed by atoms with E-state index >= 15 is 0 Å². The van der Waals surface area contributed by atoms with E-state index in [-0.39, 0.29) is 11.3 Å². The molecular formula is C17H22FNO5. The van der Waals surface area contributed by atoms with Crippen LogP contribution in [0.1, 0.15) is 39.2 Å². The number of carbonyl (C=O) groups is 2. The standard InChI is InChI=1S/C17H22FNO5/c1-16(2,3)24-15(22)19-10-5-6-11(12(18)9-10)17(7-8-17)13(20)14(21)23-4/h5-6,9,13,20H,7-8H2,1-4H3,(H,19,22). The minimum absolute atomic E-state index is 0.230. The summed E-state index contributed by atoms with van der Waals surface area (Å²) in [5.74, 6) is -1.40. The Bertz CT molecular complexity index is 649. The summed E-state index contributed by atoms with van der Waals surface area (Å²) in [7, 11) is 1.17. The number of aliphatic hydroxyl groups excluding tert-OH is 1. The molecule has 7 heteroatoms. The number of ether oxygens (including phenoxy) is 2. The first-order valence-electron chi connectivity index (χ1n) is 7.65. The first-order chi connectivity index (χ1) is 11.1. The Kier molecular flexibility index (Phi) is 4.85. The zero-order valence-corrected chi connectivity index (χ0v) is 14.2. The van der Waals surface area contributed by atoms with Crippen LogP contribution in [-0.2, 0) is 19.7 Å². The van der Waals surface area contributed by atoms with E-state index in [2.05, 4.69) is 10.1 Å². The highest BCUT2D eigenvalue weighted by atomic mass is 19.1. The van der Waals surface area contributed by atoms with Crippen LogP contribution in [0.15, 0.2) is 18.2 Å². The summed E-state index contributed by atoms with van der Waals surface area (Å²) in [6, 6.07) is 4.11. The molecule has 0 saturated heterocycles. The maximum absolute atomic E-state index is 14.4. The van der Waals surface area contributed by atoms with E-state index in [4.69, 9.17) is 4.74 Å². The van der Waals surface area contributed by atoms with Gasteiger partial charge in [-0.25, -0.2) is 14.0 Å². The zero-order valence-electron chi connectivity index (χ0n) is 14.2. The summed E-state index contributed by atoms with van der Waals surface area (Å²) in [5.41, 5.74) is -1.16. The predicted octanol–water partition coefficient (Wildman–Crippen LogP) is 2.74. The van der Waals surface area contributed by atoms with Gasteiger partial charge in [0.25, 0.3) is 0 Å². The summed E-state index contributed by atoms with van der Waals surface area (Å²) < 4.78 is 24.1. The Labute approximate surface area is 139 Å². The molecule has 0 bridgehead atoms. The van der Waals surface area contributed by atoms with E-state index in [1.807, 2.05) is 0 Å². The molecule has 0 heterocycles. The summed E-state index contributed by atoms with van der Waals surface area (Å²) >= 11 is 0. The fraction of sp³-hybridized carbons (Fsp3) is 0.529. The SMILES string of the molecule is COC(=O)C(O)C1(c2ccc(NC(=O)OC(C)(C)C)cc2F)CC1. The van der Waals surface area contributed by atoms with Gasteiger partial charge in [-0.1, -0.05) is 6.07 Å². The molecule has 2 rings (SSSR count). The molecule has 1 unspecified atom stereocenters. The van der Waals surface area contributed by atoms with Crippen LogP contribution in [0.4, 0.5) is 14.9 Å². The molecule has 1 amide bonds. The molecule has 1 aliphatic carbocycles. The molecule has 1 aliphatic rings. The summed E-state index contributed by atoms with van der Waals surface area (Å²) in [6.07, 6.45) is -1.13. The van der Waals surface area contributed by atoms with Crippen LogP contribution in [0.5, 0.6) is 0 Å². The topological polar surface area (TPSA) is 84.9 Å². The molecule has 0 aliphatic heterocycles. The molecule has 0 radical (unpaired) electrons. The normalized spacial score (nSPS) is 16.9. The lowest BCUT2D eigenvalue weighted by atomic mass is 9.89. The lowest BCUT2D eigenvalue weighted by molar-refractivity contribution is -0.152. The van der Waals surface area contributed by atoms with Gasteiger partial charge in [0.1, 0.15) is 11.4 Å². The minimum atomic E-state index is -1.42. The second kappa shape index (κ2) is 6.39. The summed E-state index contributed by atoms with van der Waals surface area (Å²) in [5, 5.41) is 12.5. The quantitative estimate of drug-likeness (QED) is 0.824. The van der Waals surface area contributed by atoms with Crippen molar-refractivity contribution < 1.29 is 28.6 Å². The van der Waals surface area contributed by atoms with Crippen molar-refractivity contribution in [2.75, 3.05) is 12.4 Å². The Balaban J connectivity index is 2.16. The Morgan fingerprint density at radius 2 is 1.96 bits per heavy atom. The molecule has 2 N–H and O–H groups in total. The van der Waals surface area contributed by atoms with Crippen LogP contribution in [0.25, 0.3) is 0 Å². The molecular weight excluding hydrogens is 317 g/mol. The average Bonchev–Trinajstić information content (AvgIpc) is 3.25. The van der Waals surface area contributed by atoms with Crippen molar-refractivity contribution in [3.05, 3.63) is 29.6 Å². The van der Waals surface area contributed by atoms with E-state index in [0.29, 0.717) is 12.8 Å². The number of amides is 1. The fourth-order valence-corrected chi connectivity index (χ4v) is 2.58. The molecule has 1 saturated carbocycles. The number of methoxy groups -OCH3 is 1. The van der Waals surface area contributed by atoms with Gasteiger partial charge >= 0.3 is 12.1 Å². The number of aliphatic hydroxyl groups is 1. The average molecular weight is 339 g/mol. The minimum Gasteiger partial charge on any atom is -0.467 e. The van der Waals surface area contributed by atoms with Gasteiger partial charge in [0.2, 0.25) is 0 Å². The van der Waals surface area contributed by atoms with Crippen molar-refractivity contribution in [3.63, 3.8) is 0 Å². The molecule has 132 valence electrons. The Morgan fingerprint density at radius 1 is 1.33 bits per heavy atom. The Morgan fingerprint density at radius 3 is 2.42 bits per heavy atom. The van der Waals surface area contributed by atoms with E-state index in [1.54, 1.807) is 20.8 Å².